The molecule has 104 valence electrons. The van der Waals surface area contributed by atoms with E-state index in [9.17, 15) is 4.79 Å². The first-order chi connectivity index (χ1) is 9.38. The van der Waals surface area contributed by atoms with Crippen molar-refractivity contribution in [2.24, 2.45) is 0 Å². The molecule has 0 unspecified atom stereocenters. The topological polar surface area (TPSA) is 46.5 Å². The van der Waals surface area contributed by atoms with Crippen molar-refractivity contribution in [2.45, 2.75) is 0 Å². The predicted octanol–water partition coefficient (Wildman–Crippen LogP) is 6.01. The molecule has 3 nitrogen and oxygen atoms in total. The van der Waals surface area contributed by atoms with Crippen LogP contribution in [-0.2, 0) is 0 Å². The number of carboxylic acids is 1. The molecule has 0 saturated heterocycles. The van der Waals surface area contributed by atoms with E-state index in [0.29, 0.717) is 30.5 Å². The minimum absolute atomic E-state index is 0.150. The van der Waals surface area contributed by atoms with Gasteiger partial charge in [-0.25, -0.2) is 4.79 Å². The Kier molecular flexibility index (Phi) is 4.96. The molecule has 2 aromatic carbocycles. The fourth-order valence-corrected chi connectivity index (χ4v) is 2.80. The van der Waals surface area contributed by atoms with Crippen LogP contribution in [-0.4, -0.2) is 11.1 Å². The van der Waals surface area contributed by atoms with E-state index in [1.54, 1.807) is 24.3 Å². The zero-order valence-corrected chi connectivity index (χ0v) is 14.3. The highest BCUT2D eigenvalue weighted by Gasteiger charge is 2.11. The molecule has 2 aromatic rings. The Morgan fingerprint density at radius 2 is 1.75 bits per heavy atom. The van der Waals surface area contributed by atoms with Gasteiger partial charge in [0, 0.05) is 15.0 Å². The van der Waals surface area contributed by atoms with E-state index in [1.165, 1.54) is 6.07 Å². The summed E-state index contributed by atoms with van der Waals surface area (Å²) in [5.74, 6) is -0.190. The van der Waals surface area contributed by atoms with Crippen LogP contribution in [0.2, 0.25) is 10.0 Å². The van der Waals surface area contributed by atoms with E-state index in [-0.39, 0.29) is 5.56 Å². The zero-order valence-electron chi connectivity index (χ0n) is 9.66. The SMILES string of the molecule is O=C(O)c1ccc(Oc2cc(Cl)c(Br)cc2Cl)cc1Br. The molecular weight excluding hydrogens is 435 g/mol. The van der Waals surface area contributed by atoms with Crippen molar-refractivity contribution >= 4 is 61.0 Å². The number of halogens is 4. The van der Waals surface area contributed by atoms with Crippen LogP contribution in [0, 0.1) is 0 Å². The lowest BCUT2D eigenvalue weighted by Gasteiger charge is -2.10. The van der Waals surface area contributed by atoms with Crippen molar-refractivity contribution in [3.05, 3.63) is 54.9 Å². The largest absolute Gasteiger partial charge is 0.478 e. The number of carboxylic acid groups (broad SMARTS) is 1. The molecule has 2 rings (SSSR count). The molecule has 0 aliphatic carbocycles. The first-order valence-corrected chi connectivity index (χ1v) is 7.58. The highest BCUT2D eigenvalue weighted by molar-refractivity contribution is 9.10. The Morgan fingerprint density at radius 3 is 2.35 bits per heavy atom. The van der Waals surface area contributed by atoms with Crippen LogP contribution in [0.15, 0.2) is 39.3 Å². The fourth-order valence-electron chi connectivity index (χ4n) is 1.44. The number of ether oxygens (including phenoxy) is 1. The third-order valence-corrected chi connectivity index (χ3v) is 4.52. The summed E-state index contributed by atoms with van der Waals surface area (Å²) < 4.78 is 6.68. The van der Waals surface area contributed by atoms with Crippen molar-refractivity contribution in [3.8, 4) is 11.5 Å². The van der Waals surface area contributed by atoms with E-state index < -0.39 is 5.97 Å². The lowest BCUT2D eigenvalue weighted by Crippen LogP contribution is -1.97. The molecule has 0 radical (unpaired) electrons. The van der Waals surface area contributed by atoms with Crippen LogP contribution in [0.3, 0.4) is 0 Å². The summed E-state index contributed by atoms with van der Waals surface area (Å²) in [6, 6.07) is 7.74. The molecular formula is C13H6Br2Cl2O3. The number of carbonyl (C=O) groups is 1. The number of aromatic carboxylic acids is 1. The standard InChI is InChI=1S/C13H6Br2Cl2O3/c14-8-3-6(1-2-7(8)13(18)19)20-12-5-10(16)9(15)4-11(12)17/h1-5H,(H,18,19). The summed E-state index contributed by atoms with van der Waals surface area (Å²) in [4.78, 5) is 10.9. The van der Waals surface area contributed by atoms with E-state index in [2.05, 4.69) is 31.9 Å². The molecule has 0 atom stereocenters. The molecule has 0 saturated carbocycles. The maximum Gasteiger partial charge on any atom is 0.336 e. The molecule has 7 heteroatoms. The number of hydrogen-bond donors (Lipinski definition) is 1. The number of benzene rings is 2. The Hall–Kier alpha value is -0.750. The first kappa shape index (κ1) is 15.6. The quantitative estimate of drug-likeness (QED) is 0.594. The Morgan fingerprint density at radius 1 is 1.05 bits per heavy atom. The van der Waals surface area contributed by atoms with Crippen molar-refractivity contribution in [3.63, 3.8) is 0 Å². The number of rotatable bonds is 3. The summed E-state index contributed by atoms with van der Waals surface area (Å²) in [6.45, 7) is 0. The molecule has 0 aromatic heterocycles. The third kappa shape index (κ3) is 3.47. The second-order valence-corrected chi connectivity index (χ2v) is 6.27. The highest BCUT2D eigenvalue weighted by atomic mass is 79.9. The molecule has 0 heterocycles. The normalized spacial score (nSPS) is 10.4. The van der Waals surface area contributed by atoms with Crippen molar-refractivity contribution in [1.29, 1.82) is 0 Å². The minimum atomic E-state index is -1.02. The molecule has 1 N–H and O–H groups in total. The van der Waals surface area contributed by atoms with Gasteiger partial charge < -0.3 is 9.84 Å². The van der Waals surface area contributed by atoms with Gasteiger partial charge in [0.25, 0.3) is 0 Å². The average molecular weight is 441 g/mol. The Labute approximate surface area is 141 Å². The molecule has 0 spiro atoms. The Bertz CT molecular complexity index is 690. The van der Waals surface area contributed by atoms with Crippen molar-refractivity contribution in [2.75, 3.05) is 0 Å². The number of hydrogen-bond acceptors (Lipinski definition) is 2. The summed E-state index contributed by atoms with van der Waals surface area (Å²) in [7, 11) is 0. The smallest absolute Gasteiger partial charge is 0.336 e. The van der Waals surface area contributed by atoms with Gasteiger partial charge in [0.15, 0.2) is 0 Å². The van der Waals surface area contributed by atoms with Gasteiger partial charge >= 0.3 is 5.97 Å². The van der Waals surface area contributed by atoms with Crippen LogP contribution in [0.25, 0.3) is 0 Å². The lowest BCUT2D eigenvalue weighted by molar-refractivity contribution is 0.0696. The molecule has 0 aliphatic rings. The summed E-state index contributed by atoms with van der Waals surface area (Å²) >= 11 is 18.5. The van der Waals surface area contributed by atoms with Gasteiger partial charge in [-0.2, -0.15) is 0 Å². The van der Waals surface area contributed by atoms with Crippen molar-refractivity contribution < 1.29 is 14.6 Å². The molecule has 0 amide bonds. The maximum absolute atomic E-state index is 10.9. The second kappa shape index (κ2) is 6.35. The van der Waals surface area contributed by atoms with Crippen LogP contribution < -0.4 is 4.74 Å². The summed E-state index contributed by atoms with van der Waals surface area (Å²) in [6.07, 6.45) is 0. The highest BCUT2D eigenvalue weighted by Crippen LogP contribution is 2.37. The summed E-state index contributed by atoms with van der Waals surface area (Å²) in [5, 5.41) is 9.79. The van der Waals surface area contributed by atoms with E-state index in [4.69, 9.17) is 33.0 Å². The second-order valence-electron chi connectivity index (χ2n) is 3.75. The zero-order chi connectivity index (χ0) is 14.9. The maximum atomic E-state index is 10.9. The van der Waals surface area contributed by atoms with Crippen LogP contribution in [0.4, 0.5) is 0 Å². The van der Waals surface area contributed by atoms with Crippen molar-refractivity contribution in [1.82, 2.24) is 0 Å². The molecule has 0 aliphatic heterocycles. The van der Waals surface area contributed by atoms with E-state index in [0.717, 1.165) is 0 Å². The predicted molar refractivity (Wildman–Crippen MR) is 85.3 cm³/mol. The average Bonchev–Trinajstić information content (AvgIpc) is 2.35. The Balaban J connectivity index is 2.33. The van der Waals surface area contributed by atoms with Gasteiger partial charge in [0.1, 0.15) is 11.5 Å². The monoisotopic (exact) mass is 438 g/mol. The van der Waals surface area contributed by atoms with Gasteiger partial charge in [0.2, 0.25) is 0 Å². The lowest BCUT2D eigenvalue weighted by atomic mass is 10.2. The molecule has 0 bridgehead atoms. The first-order valence-electron chi connectivity index (χ1n) is 5.23. The third-order valence-electron chi connectivity index (χ3n) is 2.37. The van der Waals surface area contributed by atoms with Gasteiger partial charge in [-0.05, 0) is 56.1 Å². The fraction of sp³-hybridized carbons (Fsp3) is 0. The van der Waals surface area contributed by atoms with E-state index in [1.807, 2.05) is 0 Å². The minimum Gasteiger partial charge on any atom is -0.478 e. The molecule has 0 fully saturated rings. The van der Waals surface area contributed by atoms with Crippen LogP contribution in [0.5, 0.6) is 11.5 Å². The molecule has 20 heavy (non-hydrogen) atoms. The van der Waals surface area contributed by atoms with Gasteiger partial charge in [0.05, 0.1) is 15.6 Å². The van der Waals surface area contributed by atoms with Gasteiger partial charge in [-0.15, -0.1) is 0 Å². The van der Waals surface area contributed by atoms with Crippen LogP contribution >= 0.6 is 55.1 Å². The summed E-state index contributed by atoms with van der Waals surface area (Å²) in [5.41, 5.74) is 0.150. The van der Waals surface area contributed by atoms with E-state index >= 15 is 0 Å². The van der Waals surface area contributed by atoms with Gasteiger partial charge in [-0.3, -0.25) is 0 Å². The van der Waals surface area contributed by atoms with Crippen LogP contribution in [0.1, 0.15) is 10.4 Å². The van der Waals surface area contributed by atoms with Gasteiger partial charge in [-0.1, -0.05) is 23.2 Å².